The van der Waals surface area contributed by atoms with Gasteiger partial charge in [0.15, 0.2) is 11.5 Å². The Hall–Kier alpha value is -1.76. The number of hydrogen-bond donors (Lipinski definition) is 0. The smallest absolute Gasteiger partial charge is 0.274 e. The van der Waals surface area contributed by atoms with Gasteiger partial charge in [0, 0.05) is 19.8 Å². The summed E-state index contributed by atoms with van der Waals surface area (Å²) in [7, 11) is 1.72. The van der Waals surface area contributed by atoms with Crippen LogP contribution in [0.25, 0.3) is 5.82 Å². The summed E-state index contributed by atoms with van der Waals surface area (Å²) < 4.78 is 2.43. The van der Waals surface area contributed by atoms with Crippen molar-refractivity contribution in [1.82, 2.24) is 24.9 Å². The van der Waals surface area contributed by atoms with Gasteiger partial charge in [0.25, 0.3) is 5.91 Å². The fourth-order valence-electron chi connectivity index (χ4n) is 1.33. The summed E-state index contributed by atoms with van der Waals surface area (Å²) >= 11 is 3.30. The summed E-state index contributed by atoms with van der Waals surface area (Å²) in [6.45, 7) is 2.54. The molecule has 0 aliphatic heterocycles. The topological polar surface area (TPSA) is 63.9 Å². The van der Waals surface area contributed by atoms with Gasteiger partial charge in [0.2, 0.25) is 0 Å². The molecular weight excluding hydrogens is 298 g/mol. The molecule has 18 heavy (non-hydrogen) atoms. The third-order valence-corrected chi connectivity index (χ3v) is 2.89. The lowest BCUT2D eigenvalue weighted by molar-refractivity contribution is 0.0795. The van der Waals surface area contributed by atoms with Gasteiger partial charge in [-0.05, 0) is 35.0 Å². The molecule has 0 bridgehead atoms. The molecule has 0 fully saturated rings. The van der Waals surface area contributed by atoms with E-state index < -0.39 is 0 Å². The average molecular weight is 310 g/mol. The zero-order chi connectivity index (χ0) is 13.1. The van der Waals surface area contributed by atoms with Crippen molar-refractivity contribution in [1.29, 1.82) is 0 Å². The number of nitrogens with zero attached hydrogens (tertiary/aromatic N) is 5. The number of carbonyl (C=O) groups excluding carboxylic acids is 1. The molecule has 1 amide bonds. The molecule has 7 heteroatoms. The molecule has 0 saturated carbocycles. The summed E-state index contributed by atoms with van der Waals surface area (Å²) in [4.78, 5) is 13.4. The molecule has 2 rings (SSSR count). The van der Waals surface area contributed by atoms with Crippen LogP contribution in [0, 0.1) is 0 Å². The number of halogens is 1. The number of rotatable bonds is 3. The minimum Gasteiger partial charge on any atom is -0.341 e. The number of hydrogen-bond acceptors (Lipinski definition) is 4. The molecule has 0 spiro atoms. The van der Waals surface area contributed by atoms with Gasteiger partial charge in [-0.25, -0.2) is 4.68 Å². The number of carbonyl (C=O) groups is 1. The van der Waals surface area contributed by atoms with Crippen molar-refractivity contribution >= 4 is 21.8 Å². The van der Waals surface area contributed by atoms with E-state index in [9.17, 15) is 4.79 Å². The van der Waals surface area contributed by atoms with Crippen LogP contribution in [0.4, 0.5) is 0 Å². The Labute approximate surface area is 113 Å². The monoisotopic (exact) mass is 309 g/mol. The second kappa shape index (κ2) is 5.26. The standard InChI is InChI=1S/C11H12BrN5O/c1-3-16(2)11(18)9-4-5-10(15-14-9)17-7-8(12)6-13-17/h4-7H,3H2,1-2H3. The first kappa shape index (κ1) is 12.7. The van der Waals surface area contributed by atoms with Crippen LogP contribution in [0.15, 0.2) is 29.0 Å². The molecule has 0 saturated heterocycles. The average Bonchev–Trinajstić information content (AvgIpc) is 2.84. The maximum atomic E-state index is 11.8. The highest BCUT2D eigenvalue weighted by atomic mass is 79.9. The van der Waals surface area contributed by atoms with Crippen molar-refractivity contribution < 1.29 is 4.79 Å². The molecule has 2 aromatic rings. The Morgan fingerprint density at radius 3 is 2.72 bits per heavy atom. The van der Waals surface area contributed by atoms with E-state index in [1.807, 2.05) is 6.92 Å². The van der Waals surface area contributed by atoms with Crippen molar-refractivity contribution in [2.75, 3.05) is 13.6 Å². The highest BCUT2D eigenvalue weighted by molar-refractivity contribution is 9.10. The Bertz CT molecular complexity index is 551. The van der Waals surface area contributed by atoms with E-state index in [1.54, 1.807) is 41.2 Å². The molecule has 0 radical (unpaired) electrons. The maximum Gasteiger partial charge on any atom is 0.274 e. The first-order valence-electron chi connectivity index (χ1n) is 5.41. The Kier molecular flexibility index (Phi) is 3.71. The van der Waals surface area contributed by atoms with Crippen LogP contribution < -0.4 is 0 Å². The Balaban J connectivity index is 2.23. The summed E-state index contributed by atoms with van der Waals surface area (Å²) in [5.74, 6) is 0.426. The third-order valence-electron chi connectivity index (χ3n) is 2.48. The molecule has 0 aliphatic carbocycles. The van der Waals surface area contributed by atoms with Gasteiger partial charge in [-0.3, -0.25) is 4.79 Å². The molecule has 0 atom stereocenters. The summed E-state index contributed by atoms with van der Waals surface area (Å²) in [5, 5.41) is 12.0. The van der Waals surface area contributed by atoms with E-state index >= 15 is 0 Å². The van der Waals surface area contributed by atoms with E-state index in [2.05, 4.69) is 31.2 Å². The number of aromatic nitrogens is 4. The second-order valence-electron chi connectivity index (χ2n) is 3.70. The van der Waals surface area contributed by atoms with E-state index in [4.69, 9.17) is 0 Å². The van der Waals surface area contributed by atoms with Gasteiger partial charge in [0.05, 0.1) is 10.7 Å². The van der Waals surface area contributed by atoms with Crippen molar-refractivity contribution in [3.8, 4) is 5.82 Å². The van der Waals surface area contributed by atoms with Gasteiger partial charge in [-0.15, -0.1) is 10.2 Å². The molecular formula is C11H12BrN5O. The van der Waals surface area contributed by atoms with E-state index in [0.717, 1.165) is 4.47 Å². The van der Waals surface area contributed by atoms with Gasteiger partial charge in [0.1, 0.15) is 0 Å². The third kappa shape index (κ3) is 2.56. The molecule has 2 heterocycles. The SMILES string of the molecule is CCN(C)C(=O)c1ccc(-n2cc(Br)cn2)nn1. The van der Waals surface area contributed by atoms with Crippen LogP contribution >= 0.6 is 15.9 Å². The van der Waals surface area contributed by atoms with Crippen molar-refractivity contribution in [3.05, 3.63) is 34.7 Å². The molecule has 0 aliphatic rings. The zero-order valence-corrected chi connectivity index (χ0v) is 11.6. The fourth-order valence-corrected chi connectivity index (χ4v) is 1.61. The van der Waals surface area contributed by atoms with Crippen molar-refractivity contribution in [2.24, 2.45) is 0 Å². The summed E-state index contributed by atoms with van der Waals surface area (Å²) in [6, 6.07) is 3.36. The first-order valence-corrected chi connectivity index (χ1v) is 6.21. The minimum absolute atomic E-state index is 0.141. The molecule has 0 N–H and O–H groups in total. The summed E-state index contributed by atoms with van der Waals surface area (Å²) in [6.07, 6.45) is 3.43. The molecule has 94 valence electrons. The molecule has 0 unspecified atom stereocenters. The zero-order valence-electron chi connectivity index (χ0n) is 10.0. The van der Waals surface area contributed by atoms with Gasteiger partial charge >= 0.3 is 0 Å². The molecule has 6 nitrogen and oxygen atoms in total. The largest absolute Gasteiger partial charge is 0.341 e. The normalized spacial score (nSPS) is 10.4. The van der Waals surface area contributed by atoms with Gasteiger partial charge in [-0.1, -0.05) is 0 Å². The lowest BCUT2D eigenvalue weighted by Crippen LogP contribution is -2.27. The predicted molar refractivity (Wildman–Crippen MR) is 69.5 cm³/mol. The molecule has 2 aromatic heterocycles. The molecule has 0 aromatic carbocycles. The van der Waals surface area contributed by atoms with Crippen LogP contribution in [0.5, 0.6) is 0 Å². The highest BCUT2D eigenvalue weighted by Gasteiger charge is 2.12. The van der Waals surface area contributed by atoms with Crippen molar-refractivity contribution in [3.63, 3.8) is 0 Å². The fraction of sp³-hybridized carbons (Fsp3) is 0.273. The maximum absolute atomic E-state index is 11.8. The first-order chi connectivity index (χ1) is 8.61. The van der Waals surface area contributed by atoms with Gasteiger partial charge in [-0.2, -0.15) is 5.10 Å². The minimum atomic E-state index is -0.141. The number of amides is 1. The van der Waals surface area contributed by atoms with E-state index in [-0.39, 0.29) is 5.91 Å². The Morgan fingerprint density at radius 2 is 2.22 bits per heavy atom. The van der Waals surface area contributed by atoms with Crippen LogP contribution in [0.3, 0.4) is 0 Å². The summed E-state index contributed by atoms with van der Waals surface area (Å²) in [5.41, 5.74) is 0.328. The highest BCUT2D eigenvalue weighted by Crippen LogP contribution is 2.10. The van der Waals surface area contributed by atoms with Crippen LogP contribution in [-0.4, -0.2) is 44.4 Å². The lowest BCUT2D eigenvalue weighted by Gasteiger charge is -2.13. The van der Waals surface area contributed by atoms with Gasteiger partial charge < -0.3 is 4.90 Å². The van der Waals surface area contributed by atoms with Crippen LogP contribution in [0.2, 0.25) is 0 Å². The van der Waals surface area contributed by atoms with E-state index in [0.29, 0.717) is 18.1 Å². The second-order valence-corrected chi connectivity index (χ2v) is 4.61. The Morgan fingerprint density at radius 1 is 1.44 bits per heavy atom. The van der Waals surface area contributed by atoms with Crippen LogP contribution in [-0.2, 0) is 0 Å². The van der Waals surface area contributed by atoms with Crippen LogP contribution in [0.1, 0.15) is 17.4 Å². The van der Waals surface area contributed by atoms with Crippen molar-refractivity contribution in [2.45, 2.75) is 6.92 Å². The van der Waals surface area contributed by atoms with E-state index in [1.165, 1.54) is 0 Å². The lowest BCUT2D eigenvalue weighted by atomic mass is 10.3. The predicted octanol–water partition coefficient (Wildman–Crippen LogP) is 1.52. The quantitative estimate of drug-likeness (QED) is 0.862.